The average Bonchev–Trinajstić information content (AvgIpc) is 2.92. The van der Waals surface area contributed by atoms with E-state index in [1.165, 1.54) is 6.26 Å². The van der Waals surface area contributed by atoms with Crippen LogP contribution in [0.25, 0.3) is 0 Å². The Morgan fingerprint density at radius 2 is 2.21 bits per heavy atom. The lowest BCUT2D eigenvalue weighted by Crippen LogP contribution is -2.23. The minimum absolute atomic E-state index is 0.281. The van der Waals surface area contributed by atoms with Crippen molar-refractivity contribution in [1.29, 1.82) is 0 Å². The predicted octanol–water partition coefficient (Wildman–Crippen LogP) is 2.39. The second-order valence-corrected chi connectivity index (χ2v) is 5.28. The molecule has 7 heteroatoms. The van der Waals surface area contributed by atoms with Gasteiger partial charge in [-0.2, -0.15) is 5.10 Å². The monoisotopic (exact) mass is 302 g/mol. The summed E-state index contributed by atoms with van der Waals surface area (Å²) in [6, 6.07) is 1.29. The van der Waals surface area contributed by atoms with Crippen LogP contribution in [0.15, 0.2) is 22.9 Å². The van der Waals surface area contributed by atoms with E-state index in [4.69, 9.17) is 33.4 Å². The average molecular weight is 303 g/mol. The van der Waals surface area contributed by atoms with Crippen molar-refractivity contribution in [3.05, 3.63) is 40.0 Å². The number of likely N-dealkylation sites (N-methyl/N-ethyl adjacent to an activating group) is 1. The van der Waals surface area contributed by atoms with Gasteiger partial charge in [-0.15, -0.1) is 0 Å². The van der Waals surface area contributed by atoms with E-state index in [9.17, 15) is 0 Å². The van der Waals surface area contributed by atoms with Crippen LogP contribution in [-0.4, -0.2) is 35.3 Å². The van der Waals surface area contributed by atoms with Crippen LogP contribution in [0.3, 0.4) is 0 Å². The van der Waals surface area contributed by atoms with Gasteiger partial charge in [-0.25, -0.2) is 0 Å². The van der Waals surface area contributed by atoms with E-state index in [0.717, 1.165) is 12.2 Å². The van der Waals surface area contributed by atoms with Crippen molar-refractivity contribution < 1.29 is 4.42 Å². The number of halogens is 2. The largest absolute Gasteiger partial charge is 0.453 e. The topological polar surface area (TPSA) is 60.2 Å². The van der Waals surface area contributed by atoms with Crippen molar-refractivity contribution in [2.45, 2.75) is 12.6 Å². The molecule has 2 N–H and O–H groups in total. The maximum atomic E-state index is 6.21. The van der Waals surface area contributed by atoms with Gasteiger partial charge in [0.1, 0.15) is 0 Å². The highest BCUT2D eigenvalue weighted by molar-refractivity contribution is 6.31. The number of nitrogens with zero attached hydrogens (tertiary/aromatic N) is 3. The van der Waals surface area contributed by atoms with E-state index in [-0.39, 0.29) is 5.22 Å². The molecule has 5 nitrogen and oxygen atoms in total. The summed E-state index contributed by atoms with van der Waals surface area (Å²) in [5.41, 5.74) is 7.66. The molecule has 0 radical (unpaired) electrons. The molecule has 104 valence electrons. The Balaban J connectivity index is 2.28. The molecule has 19 heavy (non-hydrogen) atoms. The molecule has 0 bridgehead atoms. The third-order valence-corrected chi connectivity index (χ3v) is 3.47. The zero-order valence-corrected chi connectivity index (χ0v) is 12.3. The van der Waals surface area contributed by atoms with Crippen molar-refractivity contribution in [2.24, 2.45) is 5.73 Å². The fraction of sp³-hybridized carbons (Fsp3) is 0.417. The molecule has 0 amide bonds. The van der Waals surface area contributed by atoms with Crippen molar-refractivity contribution in [3.8, 4) is 0 Å². The third-order valence-electron chi connectivity index (χ3n) is 2.87. The lowest BCUT2D eigenvalue weighted by atomic mass is 10.1. The van der Waals surface area contributed by atoms with Crippen LogP contribution in [0.1, 0.15) is 17.3 Å². The number of aromatic nitrogens is 2. The maximum absolute atomic E-state index is 6.21. The Morgan fingerprint density at radius 3 is 2.79 bits per heavy atom. The molecule has 0 saturated heterocycles. The minimum Gasteiger partial charge on any atom is -0.453 e. The molecule has 0 aliphatic carbocycles. The maximum Gasteiger partial charge on any atom is 0.198 e. The van der Waals surface area contributed by atoms with E-state index in [2.05, 4.69) is 10.00 Å². The smallest absolute Gasteiger partial charge is 0.198 e. The van der Waals surface area contributed by atoms with Gasteiger partial charge in [-0.05, 0) is 31.8 Å². The van der Waals surface area contributed by atoms with Crippen molar-refractivity contribution in [1.82, 2.24) is 14.7 Å². The molecule has 0 spiro atoms. The van der Waals surface area contributed by atoms with Gasteiger partial charge in [0, 0.05) is 12.1 Å². The molecule has 1 atom stereocenters. The number of nitrogens with two attached hydrogens (primary N) is 1. The molecule has 2 rings (SSSR count). The van der Waals surface area contributed by atoms with Gasteiger partial charge in [-0.1, -0.05) is 11.6 Å². The predicted molar refractivity (Wildman–Crippen MR) is 75.5 cm³/mol. The van der Waals surface area contributed by atoms with E-state index < -0.39 is 6.04 Å². The standard InChI is InChI=1S/C12H16Cl2N4O/c1-17(2)4-5-18-11(9(13)7-16-18)10(15)8-3-6-19-12(8)14/h3,6-7,10H,4-5,15H2,1-2H3. The zero-order chi connectivity index (χ0) is 14.0. The second kappa shape index (κ2) is 5.96. The molecular weight excluding hydrogens is 287 g/mol. The van der Waals surface area contributed by atoms with E-state index >= 15 is 0 Å². The Hall–Kier alpha value is -1.01. The van der Waals surface area contributed by atoms with Crippen molar-refractivity contribution in [2.75, 3.05) is 20.6 Å². The summed E-state index contributed by atoms with van der Waals surface area (Å²) in [5.74, 6) is 0. The summed E-state index contributed by atoms with van der Waals surface area (Å²) in [6.07, 6.45) is 3.10. The summed E-state index contributed by atoms with van der Waals surface area (Å²) in [7, 11) is 4.00. The van der Waals surface area contributed by atoms with Gasteiger partial charge in [-0.3, -0.25) is 4.68 Å². The van der Waals surface area contributed by atoms with Gasteiger partial charge in [0.25, 0.3) is 0 Å². The minimum atomic E-state index is -0.455. The van der Waals surface area contributed by atoms with Crippen LogP contribution in [0.4, 0.5) is 0 Å². The number of furan rings is 1. The van der Waals surface area contributed by atoms with Gasteiger partial charge in [0.05, 0.1) is 35.8 Å². The quantitative estimate of drug-likeness (QED) is 0.921. The highest BCUT2D eigenvalue weighted by Gasteiger charge is 2.22. The van der Waals surface area contributed by atoms with Crippen LogP contribution in [0.2, 0.25) is 10.2 Å². The first-order valence-electron chi connectivity index (χ1n) is 5.85. The van der Waals surface area contributed by atoms with Gasteiger partial charge < -0.3 is 15.1 Å². The summed E-state index contributed by atoms with van der Waals surface area (Å²) in [6.45, 7) is 1.55. The van der Waals surface area contributed by atoms with Crippen LogP contribution in [0.5, 0.6) is 0 Å². The molecule has 1 unspecified atom stereocenters. The first-order valence-corrected chi connectivity index (χ1v) is 6.60. The zero-order valence-electron chi connectivity index (χ0n) is 10.8. The number of hydrogen-bond donors (Lipinski definition) is 1. The first kappa shape index (κ1) is 14.4. The van der Waals surface area contributed by atoms with E-state index in [0.29, 0.717) is 17.1 Å². The molecule has 2 heterocycles. The lowest BCUT2D eigenvalue weighted by molar-refractivity contribution is 0.368. The Labute approximate surface area is 121 Å². The number of rotatable bonds is 5. The van der Waals surface area contributed by atoms with E-state index in [1.54, 1.807) is 16.9 Å². The molecule has 2 aromatic rings. The van der Waals surface area contributed by atoms with Crippen molar-refractivity contribution >= 4 is 23.2 Å². The molecular formula is C12H16Cl2N4O. The highest BCUT2D eigenvalue weighted by Crippen LogP contribution is 2.31. The SMILES string of the molecule is CN(C)CCn1ncc(Cl)c1C(N)c1ccoc1Cl. The van der Waals surface area contributed by atoms with Gasteiger partial charge >= 0.3 is 0 Å². The molecule has 2 aromatic heterocycles. The summed E-state index contributed by atoms with van der Waals surface area (Å²) in [4.78, 5) is 2.07. The Kier molecular flexibility index (Phi) is 4.52. The molecule has 0 aromatic carbocycles. The van der Waals surface area contributed by atoms with Crippen LogP contribution in [0, 0.1) is 0 Å². The normalized spacial score (nSPS) is 13.2. The first-order chi connectivity index (χ1) is 9.00. The lowest BCUT2D eigenvalue weighted by Gasteiger charge is -2.16. The van der Waals surface area contributed by atoms with E-state index in [1.807, 2.05) is 14.1 Å². The highest BCUT2D eigenvalue weighted by atomic mass is 35.5. The fourth-order valence-corrected chi connectivity index (χ4v) is 2.32. The number of hydrogen-bond acceptors (Lipinski definition) is 4. The fourth-order valence-electron chi connectivity index (χ4n) is 1.83. The van der Waals surface area contributed by atoms with Crippen LogP contribution < -0.4 is 5.73 Å². The summed E-state index contributed by atoms with van der Waals surface area (Å²) < 4.78 is 6.87. The Bertz CT molecular complexity index is 550. The second-order valence-electron chi connectivity index (χ2n) is 4.53. The van der Waals surface area contributed by atoms with Gasteiger partial charge in [0.15, 0.2) is 5.22 Å². The summed E-state index contributed by atoms with van der Waals surface area (Å²) in [5, 5.41) is 5.07. The summed E-state index contributed by atoms with van der Waals surface area (Å²) >= 11 is 12.1. The van der Waals surface area contributed by atoms with Gasteiger partial charge in [0.2, 0.25) is 0 Å². The third kappa shape index (κ3) is 3.12. The molecule has 0 aliphatic rings. The molecule has 0 saturated carbocycles. The van der Waals surface area contributed by atoms with Crippen molar-refractivity contribution in [3.63, 3.8) is 0 Å². The Morgan fingerprint density at radius 1 is 1.47 bits per heavy atom. The molecule has 0 fully saturated rings. The van der Waals surface area contributed by atoms with Crippen LogP contribution in [-0.2, 0) is 6.54 Å². The van der Waals surface area contributed by atoms with Crippen LogP contribution >= 0.6 is 23.2 Å². The molecule has 0 aliphatic heterocycles.